The van der Waals surface area contributed by atoms with Crippen molar-refractivity contribution in [2.24, 2.45) is 5.92 Å². The molecule has 4 rings (SSSR count). The van der Waals surface area contributed by atoms with Crippen molar-refractivity contribution in [3.8, 4) is 11.5 Å². The van der Waals surface area contributed by atoms with Crippen LogP contribution < -0.4 is 14.8 Å². The molecule has 2 aliphatic rings. The number of hydrogen-bond donors (Lipinski definition) is 1. The Morgan fingerprint density at radius 1 is 1.00 bits per heavy atom. The van der Waals surface area contributed by atoms with E-state index in [2.05, 4.69) is 5.32 Å². The summed E-state index contributed by atoms with van der Waals surface area (Å²) in [7, 11) is 0. The standard InChI is InChI=1S/C24H28N2O4/c27-23(16-18-5-2-1-3-6-18)26-12-4-7-20(17-26)24(28)25-11-10-19-8-9-21-22(15-19)30-14-13-29-21/h1-3,5-6,8-9,15,20H,4,7,10-14,16-17H2,(H,25,28). The molecule has 2 aromatic rings. The summed E-state index contributed by atoms with van der Waals surface area (Å²) in [4.78, 5) is 27.1. The zero-order valence-corrected chi connectivity index (χ0v) is 17.1. The van der Waals surface area contributed by atoms with Crippen molar-refractivity contribution < 1.29 is 19.1 Å². The van der Waals surface area contributed by atoms with Crippen molar-refractivity contribution in [2.75, 3.05) is 32.8 Å². The lowest BCUT2D eigenvalue weighted by molar-refractivity contribution is -0.135. The summed E-state index contributed by atoms with van der Waals surface area (Å²) in [6.07, 6.45) is 2.80. The molecule has 0 saturated carbocycles. The van der Waals surface area contributed by atoms with Crippen molar-refractivity contribution in [1.29, 1.82) is 0 Å². The third-order valence-electron chi connectivity index (χ3n) is 5.66. The van der Waals surface area contributed by atoms with E-state index in [0.717, 1.165) is 48.4 Å². The summed E-state index contributed by atoms with van der Waals surface area (Å²) in [5.74, 6) is 1.53. The molecule has 1 unspecified atom stereocenters. The smallest absolute Gasteiger partial charge is 0.227 e. The fraction of sp³-hybridized carbons (Fsp3) is 0.417. The Kier molecular flexibility index (Phi) is 6.52. The normalized spacial score (nSPS) is 18.0. The number of carbonyl (C=O) groups excluding carboxylic acids is 2. The molecule has 1 fully saturated rings. The van der Waals surface area contributed by atoms with E-state index >= 15 is 0 Å². The number of amides is 2. The van der Waals surface area contributed by atoms with Gasteiger partial charge in [0.05, 0.1) is 12.3 Å². The topological polar surface area (TPSA) is 67.9 Å². The molecule has 0 radical (unpaired) electrons. The van der Waals surface area contributed by atoms with E-state index in [1.165, 1.54) is 0 Å². The van der Waals surface area contributed by atoms with Gasteiger partial charge >= 0.3 is 0 Å². The highest BCUT2D eigenvalue weighted by atomic mass is 16.6. The summed E-state index contributed by atoms with van der Waals surface area (Å²) in [5, 5.41) is 3.04. The van der Waals surface area contributed by atoms with Gasteiger partial charge in [-0.25, -0.2) is 0 Å². The largest absolute Gasteiger partial charge is 0.486 e. The summed E-state index contributed by atoms with van der Waals surface area (Å²) < 4.78 is 11.2. The molecule has 2 aliphatic heterocycles. The minimum absolute atomic E-state index is 0.0322. The van der Waals surface area contributed by atoms with E-state index in [1.807, 2.05) is 53.4 Å². The lowest BCUT2D eigenvalue weighted by Crippen LogP contribution is -2.46. The second-order valence-electron chi connectivity index (χ2n) is 7.86. The molecule has 1 atom stereocenters. The number of piperidine rings is 1. The average molecular weight is 408 g/mol. The first-order chi connectivity index (χ1) is 14.7. The van der Waals surface area contributed by atoms with Crippen LogP contribution in [0.5, 0.6) is 11.5 Å². The number of likely N-dealkylation sites (tertiary alicyclic amines) is 1. The van der Waals surface area contributed by atoms with Crippen LogP contribution in [0.3, 0.4) is 0 Å². The first kappa shape index (κ1) is 20.3. The molecule has 6 heteroatoms. The van der Waals surface area contributed by atoms with Gasteiger partial charge in [-0.15, -0.1) is 0 Å². The zero-order valence-electron chi connectivity index (χ0n) is 17.1. The molecular formula is C24H28N2O4. The van der Waals surface area contributed by atoms with Gasteiger partial charge in [-0.1, -0.05) is 36.4 Å². The highest BCUT2D eigenvalue weighted by molar-refractivity contribution is 5.82. The molecule has 2 heterocycles. The Morgan fingerprint density at radius 3 is 2.63 bits per heavy atom. The van der Waals surface area contributed by atoms with Gasteiger partial charge in [0.25, 0.3) is 0 Å². The predicted molar refractivity (Wildman–Crippen MR) is 114 cm³/mol. The number of fused-ring (bicyclic) bond motifs is 1. The van der Waals surface area contributed by atoms with Crippen LogP contribution in [0.2, 0.25) is 0 Å². The van der Waals surface area contributed by atoms with Crippen molar-refractivity contribution in [1.82, 2.24) is 10.2 Å². The molecule has 6 nitrogen and oxygen atoms in total. The fourth-order valence-electron chi connectivity index (χ4n) is 4.02. The summed E-state index contributed by atoms with van der Waals surface area (Å²) in [5.41, 5.74) is 2.11. The predicted octanol–water partition coefficient (Wildman–Crippen LogP) is 2.60. The zero-order chi connectivity index (χ0) is 20.8. The van der Waals surface area contributed by atoms with Gasteiger partial charge in [0.15, 0.2) is 11.5 Å². The number of ether oxygens (including phenoxy) is 2. The van der Waals surface area contributed by atoms with Gasteiger partial charge in [0.1, 0.15) is 13.2 Å². The Bertz CT molecular complexity index is 884. The molecule has 1 saturated heterocycles. The van der Waals surface area contributed by atoms with Gasteiger partial charge in [-0.05, 0) is 42.5 Å². The molecule has 1 N–H and O–H groups in total. The summed E-state index contributed by atoms with van der Waals surface area (Å²) in [6.45, 7) is 2.93. The Morgan fingerprint density at radius 2 is 1.80 bits per heavy atom. The quantitative estimate of drug-likeness (QED) is 0.798. The van der Waals surface area contributed by atoms with Crippen molar-refractivity contribution in [3.05, 3.63) is 59.7 Å². The number of benzene rings is 2. The minimum atomic E-state index is -0.140. The highest BCUT2D eigenvalue weighted by Gasteiger charge is 2.28. The second-order valence-corrected chi connectivity index (χ2v) is 7.86. The maximum Gasteiger partial charge on any atom is 0.227 e. The molecule has 0 aliphatic carbocycles. The highest BCUT2D eigenvalue weighted by Crippen LogP contribution is 2.30. The van der Waals surface area contributed by atoms with Crippen LogP contribution in [0.25, 0.3) is 0 Å². The molecule has 30 heavy (non-hydrogen) atoms. The Balaban J connectivity index is 1.24. The lowest BCUT2D eigenvalue weighted by atomic mass is 9.96. The maximum absolute atomic E-state index is 12.7. The van der Waals surface area contributed by atoms with Crippen molar-refractivity contribution in [2.45, 2.75) is 25.7 Å². The van der Waals surface area contributed by atoms with E-state index in [1.54, 1.807) is 0 Å². The van der Waals surface area contributed by atoms with Crippen LogP contribution in [-0.4, -0.2) is 49.6 Å². The summed E-state index contributed by atoms with van der Waals surface area (Å²) in [6, 6.07) is 15.7. The van der Waals surface area contributed by atoms with Crippen LogP contribution >= 0.6 is 0 Å². The molecular weight excluding hydrogens is 380 g/mol. The molecule has 2 amide bonds. The third-order valence-corrected chi connectivity index (χ3v) is 5.66. The Hall–Kier alpha value is -3.02. The van der Waals surface area contributed by atoms with E-state index in [9.17, 15) is 9.59 Å². The van der Waals surface area contributed by atoms with Gasteiger partial charge in [-0.3, -0.25) is 9.59 Å². The van der Waals surface area contributed by atoms with Gasteiger partial charge in [-0.2, -0.15) is 0 Å². The minimum Gasteiger partial charge on any atom is -0.486 e. The van der Waals surface area contributed by atoms with Crippen LogP contribution in [0, 0.1) is 5.92 Å². The van der Waals surface area contributed by atoms with Crippen LogP contribution in [0.1, 0.15) is 24.0 Å². The third kappa shape index (κ3) is 5.12. The number of carbonyl (C=O) groups is 2. The fourth-order valence-corrected chi connectivity index (χ4v) is 4.02. The van der Waals surface area contributed by atoms with E-state index in [4.69, 9.17) is 9.47 Å². The maximum atomic E-state index is 12.7. The van der Waals surface area contributed by atoms with Crippen molar-refractivity contribution in [3.63, 3.8) is 0 Å². The number of nitrogens with zero attached hydrogens (tertiary/aromatic N) is 1. The summed E-state index contributed by atoms with van der Waals surface area (Å²) >= 11 is 0. The monoisotopic (exact) mass is 408 g/mol. The van der Waals surface area contributed by atoms with Crippen molar-refractivity contribution >= 4 is 11.8 Å². The van der Waals surface area contributed by atoms with Gasteiger partial charge in [0.2, 0.25) is 11.8 Å². The Labute approximate surface area is 177 Å². The average Bonchev–Trinajstić information content (AvgIpc) is 2.79. The number of hydrogen-bond acceptors (Lipinski definition) is 4. The number of rotatable bonds is 6. The SMILES string of the molecule is O=C(NCCc1ccc2c(c1)OCCO2)C1CCCN(C(=O)Cc2ccccc2)C1. The molecule has 0 aromatic heterocycles. The van der Waals surface area contributed by atoms with Crippen LogP contribution in [-0.2, 0) is 22.4 Å². The molecule has 2 aromatic carbocycles. The molecule has 0 spiro atoms. The van der Waals surface area contributed by atoms with E-state index in [0.29, 0.717) is 32.7 Å². The van der Waals surface area contributed by atoms with E-state index < -0.39 is 0 Å². The van der Waals surface area contributed by atoms with Crippen LogP contribution in [0.15, 0.2) is 48.5 Å². The van der Waals surface area contributed by atoms with Crippen LogP contribution in [0.4, 0.5) is 0 Å². The second kappa shape index (κ2) is 9.65. The van der Waals surface area contributed by atoms with Gasteiger partial charge < -0.3 is 19.7 Å². The molecule has 0 bridgehead atoms. The number of nitrogens with one attached hydrogen (secondary N) is 1. The van der Waals surface area contributed by atoms with Gasteiger partial charge in [0, 0.05) is 19.6 Å². The van der Waals surface area contributed by atoms with E-state index in [-0.39, 0.29) is 17.7 Å². The lowest BCUT2D eigenvalue weighted by Gasteiger charge is -2.32. The first-order valence-corrected chi connectivity index (χ1v) is 10.7. The first-order valence-electron chi connectivity index (χ1n) is 10.7. The molecule has 158 valence electrons.